The highest BCUT2D eigenvalue weighted by Crippen LogP contribution is 2.24. The van der Waals surface area contributed by atoms with Gasteiger partial charge in [-0.3, -0.25) is 9.59 Å². The third-order valence-electron chi connectivity index (χ3n) is 2.09. The van der Waals surface area contributed by atoms with E-state index in [2.05, 4.69) is 15.0 Å². The third kappa shape index (κ3) is 4.59. The van der Waals surface area contributed by atoms with Gasteiger partial charge in [0.05, 0.1) is 13.7 Å². The van der Waals surface area contributed by atoms with Crippen LogP contribution in [-0.2, 0) is 14.3 Å². The van der Waals surface area contributed by atoms with Crippen LogP contribution in [0.15, 0.2) is 0 Å². The first kappa shape index (κ1) is 16.1. The highest BCUT2D eigenvalue weighted by atomic mass is 32.1. The normalized spacial score (nSPS) is 10.1. The zero-order valence-corrected chi connectivity index (χ0v) is 11.9. The Bertz CT molecular complexity index is 514. The minimum Gasteiger partial charge on any atom is -0.464 e. The number of primary amides is 1. The number of nitrogens with two attached hydrogens (primary N) is 1. The van der Waals surface area contributed by atoms with Gasteiger partial charge in [-0.1, -0.05) is 11.3 Å². The number of anilines is 1. The first-order chi connectivity index (χ1) is 9.45. The summed E-state index contributed by atoms with van der Waals surface area (Å²) in [6, 6.07) is 0. The summed E-state index contributed by atoms with van der Waals surface area (Å²) in [5.74, 6) is -1.48. The van der Waals surface area contributed by atoms with Crippen LogP contribution in [0.5, 0.6) is 0 Å². The van der Waals surface area contributed by atoms with Gasteiger partial charge in [0, 0.05) is 13.5 Å². The molecule has 9 heteroatoms. The van der Waals surface area contributed by atoms with Crippen LogP contribution in [-0.4, -0.2) is 49.5 Å². The monoisotopic (exact) mass is 301 g/mol. The van der Waals surface area contributed by atoms with Gasteiger partial charge >= 0.3 is 5.97 Å². The van der Waals surface area contributed by atoms with Crippen LogP contribution in [0.1, 0.15) is 27.1 Å². The number of Topliss-reactive ketones (excluding diaryl/α,β-unsaturated/α-hetero) is 1. The van der Waals surface area contributed by atoms with Crippen molar-refractivity contribution in [3.63, 3.8) is 0 Å². The van der Waals surface area contributed by atoms with E-state index in [1.165, 1.54) is 14.0 Å². The number of ketones is 1. The zero-order valence-electron chi connectivity index (χ0n) is 11.1. The molecule has 0 aromatic carbocycles. The minimum atomic E-state index is -0.663. The van der Waals surface area contributed by atoms with Crippen molar-refractivity contribution in [3.8, 4) is 0 Å². The molecule has 0 unspecified atom stereocenters. The molecule has 3 N–H and O–H groups in total. The highest BCUT2D eigenvalue weighted by Gasteiger charge is 2.21. The number of nitrogens with zero attached hydrogens (tertiary/aromatic N) is 1. The summed E-state index contributed by atoms with van der Waals surface area (Å²) in [7, 11) is 1.22. The molecule has 0 atom stereocenters. The summed E-state index contributed by atoms with van der Waals surface area (Å²) >= 11 is 1.06. The van der Waals surface area contributed by atoms with E-state index < -0.39 is 11.9 Å². The standard InChI is InChI=1S/C11H15N3O5S/c1-6(15)9-8(10(17)18-2)14-11(20-9)13-3-4-19-5-7(12)16/h3-5H2,1-2H3,(H2,12,16)(H,13,14). The first-order valence-electron chi connectivity index (χ1n) is 5.65. The predicted octanol–water partition coefficient (Wildman–Crippen LogP) is 0.0461. The molecule has 0 radical (unpaired) electrons. The van der Waals surface area contributed by atoms with E-state index in [4.69, 9.17) is 10.5 Å². The van der Waals surface area contributed by atoms with Gasteiger partial charge in [0.15, 0.2) is 16.6 Å². The topological polar surface area (TPSA) is 121 Å². The van der Waals surface area contributed by atoms with Crippen molar-refractivity contribution in [2.45, 2.75) is 6.92 Å². The van der Waals surface area contributed by atoms with Crippen molar-refractivity contribution in [2.75, 3.05) is 32.2 Å². The van der Waals surface area contributed by atoms with Gasteiger partial charge in [0.1, 0.15) is 11.5 Å². The van der Waals surface area contributed by atoms with E-state index in [1.807, 2.05) is 0 Å². The van der Waals surface area contributed by atoms with Crippen molar-refractivity contribution < 1.29 is 23.9 Å². The maximum atomic E-state index is 11.5. The maximum absolute atomic E-state index is 11.5. The largest absolute Gasteiger partial charge is 0.464 e. The van der Waals surface area contributed by atoms with Crippen molar-refractivity contribution in [1.82, 2.24) is 4.98 Å². The Morgan fingerprint density at radius 1 is 1.40 bits per heavy atom. The summed E-state index contributed by atoms with van der Waals surface area (Å²) in [4.78, 5) is 37.6. The fourth-order valence-electron chi connectivity index (χ4n) is 1.27. The number of methoxy groups -OCH3 is 1. The molecule has 1 aromatic rings. The third-order valence-corrected chi connectivity index (χ3v) is 3.21. The number of hydrogen-bond donors (Lipinski definition) is 2. The summed E-state index contributed by atoms with van der Waals surface area (Å²) < 4.78 is 9.51. The number of hydrogen-bond acceptors (Lipinski definition) is 8. The maximum Gasteiger partial charge on any atom is 0.358 e. The van der Waals surface area contributed by atoms with Crippen LogP contribution in [0.2, 0.25) is 0 Å². The van der Waals surface area contributed by atoms with E-state index in [1.54, 1.807) is 0 Å². The van der Waals surface area contributed by atoms with Crippen LogP contribution in [0.25, 0.3) is 0 Å². The average molecular weight is 301 g/mol. The molecule has 0 saturated carbocycles. The number of carbonyl (C=O) groups excluding carboxylic acids is 3. The molecular weight excluding hydrogens is 286 g/mol. The molecule has 0 spiro atoms. The molecule has 20 heavy (non-hydrogen) atoms. The lowest BCUT2D eigenvalue weighted by molar-refractivity contribution is -0.122. The highest BCUT2D eigenvalue weighted by molar-refractivity contribution is 7.17. The van der Waals surface area contributed by atoms with Gasteiger partial charge in [0.25, 0.3) is 0 Å². The van der Waals surface area contributed by atoms with E-state index in [0.29, 0.717) is 11.7 Å². The number of ether oxygens (including phenoxy) is 2. The van der Waals surface area contributed by atoms with Gasteiger partial charge in [-0.05, 0) is 0 Å². The van der Waals surface area contributed by atoms with Gasteiger partial charge in [-0.2, -0.15) is 0 Å². The number of thiazole rings is 1. The molecule has 0 bridgehead atoms. The Kier molecular flexibility index (Phi) is 6.07. The lowest BCUT2D eigenvalue weighted by atomic mass is 10.3. The van der Waals surface area contributed by atoms with Crippen LogP contribution < -0.4 is 11.1 Å². The van der Waals surface area contributed by atoms with Gasteiger partial charge in [-0.25, -0.2) is 9.78 Å². The summed E-state index contributed by atoms with van der Waals surface area (Å²) in [6.07, 6.45) is 0. The van der Waals surface area contributed by atoms with E-state index >= 15 is 0 Å². The molecule has 0 saturated heterocycles. The van der Waals surface area contributed by atoms with Crippen molar-refractivity contribution in [3.05, 3.63) is 10.6 Å². The summed E-state index contributed by atoms with van der Waals surface area (Å²) in [5, 5.41) is 3.28. The summed E-state index contributed by atoms with van der Waals surface area (Å²) in [6.45, 7) is 1.79. The minimum absolute atomic E-state index is 0.00875. The molecule has 1 aromatic heterocycles. The van der Waals surface area contributed by atoms with Gasteiger partial charge < -0.3 is 20.5 Å². The fraction of sp³-hybridized carbons (Fsp3) is 0.455. The van der Waals surface area contributed by atoms with E-state index in [9.17, 15) is 14.4 Å². The van der Waals surface area contributed by atoms with Gasteiger partial charge in [-0.15, -0.1) is 0 Å². The molecule has 0 aliphatic heterocycles. The van der Waals surface area contributed by atoms with Crippen LogP contribution in [0, 0.1) is 0 Å². The Hall–Kier alpha value is -2.00. The van der Waals surface area contributed by atoms with Crippen molar-refractivity contribution >= 4 is 34.1 Å². The Labute approximate surface area is 119 Å². The fourth-order valence-corrected chi connectivity index (χ4v) is 2.15. The predicted molar refractivity (Wildman–Crippen MR) is 72.0 cm³/mol. The van der Waals surface area contributed by atoms with Gasteiger partial charge in [0.2, 0.25) is 5.91 Å². The molecular formula is C11H15N3O5S. The molecule has 110 valence electrons. The van der Waals surface area contributed by atoms with E-state index in [-0.39, 0.29) is 29.6 Å². The average Bonchev–Trinajstić information content (AvgIpc) is 2.81. The second kappa shape index (κ2) is 7.56. The van der Waals surface area contributed by atoms with Crippen LogP contribution in [0.4, 0.5) is 5.13 Å². The van der Waals surface area contributed by atoms with E-state index in [0.717, 1.165) is 11.3 Å². The lowest BCUT2D eigenvalue weighted by Gasteiger charge is -2.02. The number of aromatic nitrogens is 1. The number of esters is 1. The van der Waals surface area contributed by atoms with Crippen LogP contribution in [0.3, 0.4) is 0 Å². The Morgan fingerprint density at radius 3 is 2.65 bits per heavy atom. The van der Waals surface area contributed by atoms with Crippen LogP contribution >= 0.6 is 11.3 Å². The number of carbonyl (C=O) groups is 3. The van der Waals surface area contributed by atoms with Crippen molar-refractivity contribution in [2.24, 2.45) is 5.73 Å². The quantitative estimate of drug-likeness (QED) is 0.395. The molecule has 0 fully saturated rings. The number of nitrogens with one attached hydrogen (secondary N) is 1. The second-order valence-electron chi connectivity index (χ2n) is 3.69. The molecule has 1 heterocycles. The lowest BCUT2D eigenvalue weighted by Crippen LogP contribution is -2.20. The Morgan fingerprint density at radius 2 is 2.10 bits per heavy atom. The zero-order chi connectivity index (χ0) is 15.1. The number of rotatable bonds is 8. The smallest absolute Gasteiger partial charge is 0.358 e. The summed E-state index contributed by atoms with van der Waals surface area (Å²) in [5.41, 5.74) is 4.90. The Balaban J connectivity index is 2.61. The molecule has 1 amide bonds. The SMILES string of the molecule is COC(=O)c1nc(NCCOCC(N)=O)sc1C(C)=O. The molecule has 0 aliphatic rings. The first-order valence-corrected chi connectivity index (χ1v) is 6.47. The van der Waals surface area contributed by atoms with Crippen molar-refractivity contribution in [1.29, 1.82) is 0 Å². The molecule has 1 rings (SSSR count). The molecule has 8 nitrogen and oxygen atoms in total. The number of amides is 1. The molecule has 0 aliphatic carbocycles. The second-order valence-corrected chi connectivity index (χ2v) is 4.69.